The topological polar surface area (TPSA) is 28.7 Å². The summed E-state index contributed by atoms with van der Waals surface area (Å²) >= 11 is 4.81. The number of hydrogen-bond acceptors (Lipinski definition) is 2. The van der Waals surface area contributed by atoms with Gasteiger partial charge in [0.25, 0.3) is 0 Å². The van der Waals surface area contributed by atoms with E-state index in [1.54, 1.807) is 0 Å². The molecule has 0 bridgehead atoms. The zero-order chi connectivity index (χ0) is 6.97. The third-order valence-electron chi connectivity index (χ3n) is 1.74. The van der Waals surface area contributed by atoms with Crippen molar-refractivity contribution in [1.29, 1.82) is 0 Å². The SMILES string of the molecule is S=c1ncc(C2CC2)c[nH]1. The molecule has 0 atom stereocenters. The van der Waals surface area contributed by atoms with Crippen molar-refractivity contribution in [2.24, 2.45) is 0 Å². The van der Waals surface area contributed by atoms with Crippen LogP contribution in [0.4, 0.5) is 0 Å². The van der Waals surface area contributed by atoms with Crippen LogP contribution in [0.5, 0.6) is 0 Å². The van der Waals surface area contributed by atoms with Gasteiger partial charge in [0.05, 0.1) is 0 Å². The Morgan fingerprint density at radius 3 is 2.90 bits per heavy atom. The second kappa shape index (κ2) is 2.16. The number of aromatic amines is 1. The van der Waals surface area contributed by atoms with Gasteiger partial charge in [0.2, 0.25) is 0 Å². The average Bonchev–Trinajstić information content (AvgIpc) is 2.71. The number of hydrogen-bond donors (Lipinski definition) is 1. The van der Waals surface area contributed by atoms with Crippen molar-refractivity contribution in [2.45, 2.75) is 18.8 Å². The first-order chi connectivity index (χ1) is 4.86. The van der Waals surface area contributed by atoms with Gasteiger partial charge in [0, 0.05) is 12.4 Å². The highest BCUT2D eigenvalue weighted by Gasteiger charge is 2.23. The van der Waals surface area contributed by atoms with Gasteiger partial charge in [0.1, 0.15) is 0 Å². The first-order valence-electron chi connectivity index (χ1n) is 3.41. The minimum atomic E-state index is 0.574. The smallest absolute Gasteiger partial charge is 0.196 e. The van der Waals surface area contributed by atoms with Crippen molar-refractivity contribution in [3.05, 3.63) is 22.7 Å². The summed E-state index contributed by atoms with van der Waals surface area (Å²) in [6, 6.07) is 0. The Morgan fingerprint density at radius 1 is 1.60 bits per heavy atom. The lowest BCUT2D eigenvalue weighted by atomic mass is 10.2. The fourth-order valence-corrected chi connectivity index (χ4v) is 1.10. The number of nitrogens with zero attached hydrogens (tertiary/aromatic N) is 1. The second-order valence-electron chi connectivity index (χ2n) is 2.63. The molecule has 1 fully saturated rings. The van der Waals surface area contributed by atoms with Gasteiger partial charge in [-0.25, -0.2) is 4.98 Å². The molecule has 1 N–H and O–H groups in total. The summed E-state index contributed by atoms with van der Waals surface area (Å²) in [6.45, 7) is 0. The van der Waals surface area contributed by atoms with Gasteiger partial charge < -0.3 is 4.98 Å². The van der Waals surface area contributed by atoms with E-state index >= 15 is 0 Å². The number of H-pyrrole nitrogens is 1. The second-order valence-corrected chi connectivity index (χ2v) is 3.01. The van der Waals surface area contributed by atoms with Crippen molar-refractivity contribution in [1.82, 2.24) is 9.97 Å². The molecule has 1 aromatic heterocycles. The Labute approximate surface area is 64.3 Å². The molecule has 52 valence electrons. The van der Waals surface area contributed by atoms with Gasteiger partial charge >= 0.3 is 0 Å². The van der Waals surface area contributed by atoms with E-state index < -0.39 is 0 Å². The lowest BCUT2D eigenvalue weighted by Crippen LogP contribution is -1.84. The van der Waals surface area contributed by atoms with Crippen LogP contribution < -0.4 is 0 Å². The fraction of sp³-hybridized carbons (Fsp3) is 0.429. The highest BCUT2D eigenvalue weighted by atomic mass is 32.1. The molecule has 0 radical (unpaired) electrons. The third kappa shape index (κ3) is 1.09. The van der Waals surface area contributed by atoms with E-state index in [4.69, 9.17) is 12.2 Å². The Bertz CT molecular complexity index is 267. The zero-order valence-electron chi connectivity index (χ0n) is 5.50. The van der Waals surface area contributed by atoms with Gasteiger partial charge in [-0.3, -0.25) is 0 Å². The number of aromatic nitrogens is 2. The average molecular weight is 152 g/mol. The van der Waals surface area contributed by atoms with Crippen LogP contribution in [0.25, 0.3) is 0 Å². The predicted molar refractivity (Wildman–Crippen MR) is 41.4 cm³/mol. The third-order valence-corrected chi connectivity index (χ3v) is 1.97. The van der Waals surface area contributed by atoms with Crippen LogP contribution in [0, 0.1) is 4.77 Å². The molecule has 1 aromatic rings. The molecule has 0 spiro atoms. The first-order valence-corrected chi connectivity index (χ1v) is 3.82. The van der Waals surface area contributed by atoms with Gasteiger partial charge in [-0.15, -0.1) is 0 Å². The van der Waals surface area contributed by atoms with Crippen LogP contribution >= 0.6 is 12.2 Å². The number of rotatable bonds is 1. The van der Waals surface area contributed by atoms with E-state index in [9.17, 15) is 0 Å². The minimum Gasteiger partial charge on any atom is -0.337 e. The summed E-state index contributed by atoms with van der Waals surface area (Å²) in [5.41, 5.74) is 1.30. The van der Waals surface area contributed by atoms with E-state index in [1.165, 1.54) is 18.4 Å². The largest absolute Gasteiger partial charge is 0.337 e. The van der Waals surface area contributed by atoms with Crippen molar-refractivity contribution >= 4 is 12.2 Å². The fourth-order valence-electron chi connectivity index (χ4n) is 0.993. The van der Waals surface area contributed by atoms with Gasteiger partial charge in [-0.1, -0.05) is 0 Å². The summed E-state index contributed by atoms with van der Waals surface area (Å²) in [5, 5.41) is 0. The zero-order valence-corrected chi connectivity index (χ0v) is 6.32. The Kier molecular flexibility index (Phi) is 1.31. The summed E-state index contributed by atoms with van der Waals surface area (Å²) < 4.78 is 0.574. The molecule has 2 rings (SSSR count). The maximum atomic E-state index is 4.81. The summed E-state index contributed by atoms with van der Waals surface area (Å²) in [6.07, 6.45) is 6.46. The van der Waals surface area contributed by atoms with Gasteiger partial charge in [0.15, 0.2) is 4.77 Å². The summed E-state index contributed by atoms with van der Waals surface area (Å²) in [7, 11) is 0. The molecule has 0 saturated heterocycles. The van der Waals surface area contributed by atoms with Crippen LogP contribution in [0.1, 0.15) is 24.3 Å². The maximum Gasteiger partial charge on any atom is 0.196 e. The van der Waals surface area contributed by atoms with E-state index in [-0.39, 0.29) is 0 Å². The van der Waals surface area contributed by atoms with E-state index in [0.29, 0.717) is 4.77 Å². The molecule has 0 amide bonds. The molecule has 0 aromatic carbocycles. The molecule has 1 saturated carbocycles. The minimum absolute atomic E-state index is 0.574. The molecular formula is C7H8N2S. The molecule has 2 nitrogen and oxygen atoms in total. The van der Waals surface area contributed by atoms with E-state index in [1.807, 2.05) is 12.4 Å². The molecular weight excluding hydrogens is 144 g/mol. The van der Waals surface area contributed by atoms with Crippen molar-refractivity contribution in [3.8, 4) is 0 Å². The molecule has 0 unspecified atom stereocenters. The van der Waals surface area contributed by atoms with E-state index in [0.717, 1.165) is 5.92 Å². The molecule has 10 heavy (non-hydrogen) atoms. The van der Waals surface area contributed by atoms with Crippen molar-refractivity contribution in [2.75, 3.05) is 0 Å². The Hall–Kier alpha value is -0.700. The normalized spacial score (nSPS) is 17.2. The number of nitrogens with one attached hydrogen (secondary N) is 1. The van der Waals surface area contributed by atoms with E-state index in [2.05, 4.69) is 9.97 Å². The van der Waals surface area contributed by atoms with Gasteiger partial charge in [-0.05, 0) is 36.5 Å². The highest BCUT2D eigenvalue weighted by Crippen LogP contribution is 2.38. The molecule has 1 aliphatic rings. The lowest BCUT2D eigenvalue weighted by molar-refractivity contribution is 1.02. The van der Waals surface area contributed by atoms with Crippen LogP contribution in [0.3, 0.4) is 0 Å². The Morgan fingerprint density at radius 2 is 2.40 bits per heavy atom. The monoisotopic (exact) mass is 152 g/mol. The first kappa shape index (κ1) is 6.04. The molecule has 1 heterocycles. The predicted octanol–water partition coefficient (Wildman–Crippen LogP) is 2.02. The molecule has 1 aliphatic carbocycles. The van der Waals surface area contributed by atoms with Crippen LogP contribution in [-0.2, 0) is 0 Å². The van der Waals surface area contributed by atoms with Gasteiger partial charge in [-0.2, -0.15) is 0 Å². The Balaban J connectivity index is 2.36. The standard InChI is InChI=1S/C7H8N2S/c10-7-8-3-6(4-9-7)5-1-2-5/h3-5H,1-2H2,(H,8,9,10). The molecule has 0 aliphatic heterocycles. The molecule has 3 heteroatoms. The maximum absolute atomic E-state index is 4.81. The lowest BCUT2D eigenvalue weighted by Gasteiger charge is -1.92. The summed E-state index contributed by atoms with van der Waals surface area (Å²) in [4.78, 5) is 6.92. The van der Waals surface area contributed by atoms with Crippen LogP contribution in [-0.4, -0.2) is 9.97 Å². The van der Waals surface area contributed by atoms with Crippen molar-refractivity contribution < 1.29 is 0 Å². The quantitative estimate of drug-likeness (QED) is 0.624. The van der Waals surface area contributed by atoms with Crippen molar-refractivity contribution in [3.63, 3.8) is 0 Å². The summed E-state index contributed by atoms with van der Waals surface area (Å²) in [5.74, 6) is 0.763. The van der Waals surface area contributed by atoms with Crippen LogP contribution in [0.15, 0.2) is 12.4 Å². The highest BCUT2D eigenvalue weighted by molar-refractivity contribution is 7.71. The van der Waals surface area contributed by atoms with Crippen LogP contribution in [0.2, 0.25) is 0 Å².